The van der Waals surface area contributed by atoms with E-state index in [2.05, 4.69) is 41.4 Å². The lowest BCUT2D eigenvalue weighted by molar-refractivity contribution is -0.137. The fourth-order valence-corrected chi connectivity index (χ4v) is 5.46. The molecule has 2 aliphatic rings. The number of carbonyl (C=O) groups is 1. The number of rotatable bonds is 5. The smallest absolute Gasteiger partial charge is 0.350 e. The zero-order valence-corrected chi connectivity index (χ0v) is 20.0. The van der Waals surface area contributed by atoms with Gasteiger partial charge in [-0.15, -0.1) is 0 Å². The third kappa shape index (κ3) is 6.51. The summed E-state index contributed by atoms with van der Waals surface area (Å²) in [5.74, 6) is -0.730. The van der Waals surface area contributed by atoms with Crippen LogP contribution in [0.3, 0.4) is 0 Å². The molecule has 2 aromatic rings. The van der Waals surface area contributed by atoms with Crippen LogP contribution < -0.4 is 5.32 Å². The van der Waals surface area contributed by atoms with Gasteiger partial charge in [0.15, 0.2) is 0 Å². The number of amides is 1. The number of likely N-dealkylation sites (tertiary alicyclic amines) is 1. The molecule has 0 bridgehead atoms. The van der Waals surface area contributed by atoms with Gasteiger partial charge in [-0.05, 0) is 93.8 Å². The molecule has 1 amide bonds. The summed E-state index contributed by atoms with van der Waals surface area (Å²) >= 11 is 0. The zero-order chi connectivity index (χ0) is 25.0. The minimum absolute atomic E-state index is 0.0500. The lowest BCUT2D eigenvalue weighted by atomic mass is 9.84. The molecule has 2 fully saturated rings. The van der Waals surface area contributed by atoms with Gasteiger partial charge < -0.3 is 10.2 Å². The van der Waals surface area contributed by atoms with Crippen LogP contribution in [0, 0.1) is 12.7 Å². The predicted octanol–water partition coefficient (Wildman–Crippen LogP) is 6.47. The largest absolute Gasteiger partial charge is 0.416 e. The van der Waals surface area contributed by atoms with Gasteiger partial charge in [0.25, 0.3) is 0 Å². The number of alkyl halides is 3. The standard InChI is InChI=1S/C28H32F4N2O/c1-19-4-2-3-5-25(19)20-14-16-34(17-15-20)24-11-9-23(10-12-24)33-27(35)13-7-21-6-8-22(18-26(21)29)28(30,31)32/h2-8,13,18,20,23-24H,9-12,14-17H2,1H3,(H,33,35)/b13-7+. The molecule has 0 aromatic heterocycles. The number of halogens is 4. The molecule has 2 aromatic carbocycles. The average molecular weight is 489 g/mol. The number of nitrogens with zero attached hydrogens (tertiary/aromatic N) is 1. The van der Waals surface area contributed by atoms with Gasteiger partial charge in [0.05, 0.1) is 5.56 Å². The van der Waals surface area contributed by atoms with Crippen LogP contribution in [0.1, 0.15) is 66.7 Å². The first-order valence-electron chi connectivity index (χ1n) is 12.4. The van der Waals surface area contributed by atoms with Gasteiger partial charge >= 0.3 is 6.18 Å². The van der Waals surface area contributed by atoms with Gasteiger partial charge in [0, 0.05) is 23.7 Å². The normalized spacial score (nSPS) is 22.4. The number of piperidine rings is 1. The molecule has 0 unspecified atom stereocenters. The van der Waals surface area contributed by atoms with Gasteiger partial charge in [0.1, 0.15) is 5.82 Å². The van der Waals surface area contributed by atoms with Crippen molar-refractivity contribution in [1.29, 1.82) is 0 Å². The number of hydrogen-bond acceptors (Lipinski definition) is 2. The van der Waals surface area contributed by atoms with Gasteiger partial charge in [-0.25, -0.2) is 4.39 Å². The van der Waals surface area contributed by atoms with E-state index < -0.39 is 17.6 Å². The van der Waals surface area contributed by atoms with Crippen molar-refractivity contribution < 1.29 is 22.4 Å². The Kier molecular flexibility index (Phi) is 7.95. The van der Waals surface area contributed by atoms with E-state index in [4.69, 9.17) is 0 Å². The second-order valence-corrected chi connectivity index (χ2v) is 9.75. The number of hydrogen-bond donors (Lipinski definition) is 1. The summed E-state index contributed by atoms with van der Waals surface area (Å²) in [6.07, 6.45) is 3.97. The van der Waals surface area contributed by atoms with Crippen molar-refractivity contribution in [2.45, 2.75) is 69.6 Å². The fraction of sp³-hybridized carbons (Fsp3) is 0.464. The Balaban J connectivity index is 1.22. The molecule has 1 heterocycles. The maximum atomic E-state index is 14.0. The van der Waals surface area contributed by atoms with Crippen molar-refractivity contribution in [3.63, 3.8) is 0 Å². The first kappa shape index (κ1) is 25.4. The monoisotopic (exact) mass is 488 g/mol. The molecule has 35 heavy (non-hydrogen) atoms. The van der Waals surface area contributed by atoms with E-state index in [1.165, 1.54) is 36.1 Å². The maximum Gasteiger partial charge on any atom is 0.416 e. The minimum atomic E-state index is -4.60. The predicted molar refractivity (Wildman–Crippen MR) is 129 cm³/mol. The van der Waals surface area contributed by atoms with E-state index in [9.17, 15) is 22.4 Å². The van der Waals surface area contributed by atoms with Crippen LogP contribution >= 0.6 is 0 Å². The zero-order valence-electron chi connectivity index (χ0n) is 20.0. The van der Waals surface area contributed by atoms with E-state index in [1.54, 1.807) is 0 Å². The summed E-state index contributed by atoms with van der Waals surface area (Å²) in [7, 11) is 0. The molecule has 1 saturated heterocycles. The van der Waals surface area contributed by atoms with Gasteiger partial charge in [-0.1, -0.05) is 30.3 Å². The summed E-state index contributed by atoms with van der Waals surface area (Å²) in [4.78, 5) is 14.9. The topological polar surface area (TPSA) is 32.3 Å². The second-order valence-electron chi connectivity index (χ2n) is 9.75. The van der Waals surface area contributed by atoms with E-state index >= 15 is 0 Å². The van der Waals surface area contributed by atoms with Crippen molar-refractivity contribution in [3.05, 3.63) is 76.6 Å². The molecule has 1 aliphatic carbocycles. The van der Waals surface area contributed by atoms with Gasteiger partial charge in [0.2, 0.25) is 5.91 Å². The summed E-state index contributed by atoms with van der Waals surface area (Å²) in [5.41, 5.74) is 1.75. The highest BCUT2D eigenvalue weighted by molar-refractivity contribution is 5.91. The highest BCUT2D eigenvalue weighted by Crippen LogP contribution is 2.33. The Morgan fingerprint density at radius 1 is 1.00 bits per heavy atom. The summed E-state index contributed by atoms with van der Waals surface area (Å²) < 4.78 is 52.0. The molecular formula is C28H32F4N2O. The van der Waals surface area contributed by atoms with E-state index in [0.29, 0.717) is 18.0 Å². The summed E-state index contributed by atoms with van der Waals surface area (Å²) in [5, 5.41) is 2.96. The van der Waals surface area contributed by atoms with Crippen molar-refractivity contribution in [2.24, 2.45) is 0 Å². The quantitative estimate of drug-likeness (QED) is 0.386. The molecular weight excluding hydrogens is 456 g/mol. The Bertz CT molecular complexity index is 1050. The van der Waals surface area contributed by atoms with Crippen LogP contribution in [-0.2, 0) is 11.0 Å². The molecule has 0 spiro atoms. The molecule has 3 nitrogen and oxygen atoms in total. The highest BCUT2D eigenvalue weighted by atomic mass is 19.4. The molecule has 1 saturated carbocycles. The Morgan fingerprint density at radius 2 is 1.69 bits per heavy atom. The SMILES string of the molecule is Cc1ccccc1C1CCN(C2CCC(NC(=O)/C=C/c3ccc(C(F)(F)F)cc3F)CC2)CC1. The van der Waals surface area contributed by atoms with Crippen molar-refractivity contribution in [3.8, 4) is 0 Å². The molecule has 7 heteroatoms. The molecule has 0 atom stereocenters. The van der Waals surface area contributed by atoms with Crippen molar-refractivity contribution in [1.82, 2.24) is 10.2 Å². The molecule has 1 N–H and O–H groups in total. The van der Waals surface area contributed by atoms with Gasteiger partial charge in [-0.2, -0.15) is 13.2 Å². The third-order valence-corrected chi connectivity index (χ3v) is 7.46. The first-order chi connectivity index (χ1) is 16.7. The number of benzene rings is 2. The molecule has 4 rings (SSSR count). The third-order valence-electron chi connectivity index (χ3n) is 7.46. The lowest BCUT2D eigenvalue weighted by Gasteiger charge is -2.41. The Hall–Kier alpha value is -2.67. The Morgan fingerprint density at radius 3 is 2.31 bits per heavy atom. The van der Waals surface area contributed by atoms with Crippen molar-refractivity contribution in [2.75, 3.05) is 13.1 Å². The Labute approximate surface area is 204 Å². The first-order valence-corrected chi connectivity index (χ1v) is 12.4. The fourth-order valence-electron chi connectivity index (χ4n) is 5.46. The summed E-state index contributed by atoms with van der Waals surface area (Å²) in [6, 6.07) is 11.6. The van der Waals surface area contributed by atoms with Gasteiger partial charge in [-0.3, -0.25) is 4.79 Å². The van der Waals surface area contributed by atoms with E-state index in [0.717, 1.165) is 50.9 Å². The van der Waals surface area contributed by atoms with Crippen LogP contribution in [0.5, 0.6) is 0 Å². The van der Waals surface area contributed by atoms with Crippen molar-refractivity contribution >= 4 is 12.0 Å². The molecule has 188 valence electrons. The lowest BCUT2D eigenvalue weighted by Crippen LogP contribution is -2.46. The van der Waals surface area contributed by atoms with Crippen LogP contribution in [0.25, 0.3) is 6.08 Å². The number of nitrogens with one attached hydrogen (secondary N) is 1. The number of aryl methyl sites for hydroxylation is 1. The average Bonchev–Trinajstić information content (AvgIpc) is 2.84. The second kappa shape index (κ2) is 10.9. The highest BCUT2D eigenvalue weighted by Gasteiger charge is 2.31. The minimum Gasteiger partial charge on any atom is -0.350 e. The molecule has 0 radical (unpaired) electrons. The van der Waals surface area contributed by atoms with Crippen LogP contribution in [-0.4, -0.2) is 36.0 Å². The summed E-state index contributed by atoms with van der Waals surface area (Å²) in [6.45, 7) is 4.39. The van der Waals surface area contributed by atoms with Crippen LogP contribution in [0.2, 0.25) is 0 Å². The molecule has 1 aliphatic heterocycles. The maximum absolute atomic E-state index is 14.0. The van der Waals surface area contributed by atoms with Crippen LogP contribution in [0.4, 0.5) is 17.6 Å². The van der Waals surface area contributed by atoms with E-state index in [1.807, 2.05) is 0 Å². The number of carbonyl (C=O) groups excluding carboxylic acids is 1. The van der Waals surface area contributed by atoms with Crippen LogP contribution in [0.15, 0.2) is 48.5 Å². The van der Waals surface area contributed by atoms with E-state index in [-0.39, 0.29) is 17.5 Å².